The van der Waals surface area contributed by atoms with Crippen LogP contribution in [0.15, 0.2) is 66.9 Å². The monoisotopic (exact) mass is 388 g/mol. The van der Waals surface area contributed by atoms with Gasteiger partial charge >= 0.3 is 5.97 Å². The number of aromatic nitrogens is 2. The van der Waals surface area contributed by atoms with E-state index in [1.54, 1.807) is 23.8 Å². The zero-order valence-corrected chi connectivity index (χ0v) is 15.9. The van der Waals surface area contributed by atoms with Gasteiger partial charge in [-0.1, -0.05) is 42.5 Å². The van der Waals surface area contributed by atoms with Crippen LogP contribution < -0.4 is 4.74 Å². The maximum Gasteiger partial charge on any atom is 0.336 e. The zero-order valence-electron chi connectivity index (χ0n) is 15.9. The first-order valence-corrected chi connectivity index (χ1v) is 9.17. The summed E-state index contributed by atoms with van der Waals surface area (Å²) in [5, 5.41) is 23.6. The number of pyridine rings is 1. The van der Waals surface area contributed by atoms with Gasteiger partial charge in [0.25, 0.3) is 0 Å². The van der Waals surface area contributed by atoms with Gasteiger partial charge in [-0.15, -0.1) is 0 Å². The van der Waals surface area contributed by atoms with Gasteiger partial charge in [0.2, 0.25) is 0 Å². The summed E-state index contributed by atoms with van der Waals surface area (Å²) < 4.78 is 7.10. The molecule has 0 bridgehead atoms. The zero-order chi connectivity index (χ0) is 20.4. The molecule has 0 amide bonds. The third kappa shape index (κ3) is 3.58. The van der Waals surface area contributed by atoms with Crippen molar-refractivity contribution in [1.29, 1.82) is 0 Å². The van der Waals surface area contributed by atoms with Crippen LogP contribution in [0.4, 0.5) is 0 Å². The number of carboxylic acids is 1. The summed E-state index contributed by atoms with van der Waals surface area (Å²) in [6.07, 6.45) is 2.33. The molecule has 0 unspecified atom stereocenters. The maximum atomic E-state index is 11.6. The molecule has 0 aliphatic carbocycles. The SMILES string of the molecule is COc1ccc2c(Cc3ccc(CO)c(C(=O)O)c3)c(-c3ccccc3)nn2c1. The number of aromatic carboxylic acids is 1. The molecule has 0 atom stereocenters. The second-order valence-corrected chi connectivity index (χ2v) is 6.72. The molecule has 6 heteroatoms. The van der Waals surface area contributed by atoms with Crippen molar-refractivity contribution in [2.45, 2.75) is 13.0 Å². The number of nitrogens with zero attached hydrogens (tertiary/aromatic N) is 2. The molecular weight excluding hydrogens is 368 g/mol. The summed E-state index contributed by atoms with van der Waals surface area (Å²) in [7, 11) is 1.61. The average molecular weight is 388 g/mol. The fraction of sp³-hybridized carbons (Fsp3) is 0.130. The Kier molecular flexibility index (Phi) is 5.01. The quantitative estimate of drug-likeness (QED) is 0.525. The number of aliphatic hydroxyl groups is 1. The van der Waals surface area contributed by atoms with Crippen molar-refractivity contribution < 1.29 is 19.7 Å². The lowest BCUT2D eigenvalue weighted by molar-refractivity contribution is 0.0693. The Morgan fingerprint density at radius 2 is 1.90 bits per heavy atom. The first-order chi connectivity index (χ1) is 14.1. The summed E-state index contributed by atoms with van der Waals surface area (Å²) in [5.74, 6) is -0.351. The van der Waals surface area contributed by atoms with Crippen molar-refractivity contribution in [2.75, 3.05) is 7.11 Å². The summed E-state index contributed by atoms with van der Waals surface area (Å²) in [6.45, 7) is -0.312. The van der Waals surface area contributed by atoms with Gasteiger partial charge < -0.3 is 14.9 Å². The van der Waals surface area contributed by atoms with Crippen LogP contribution in [0.2, 0.25) is 0 Å². The van der Waals surface area contributed by atoms with E-state index in [0.717, 1.165) is 27.9 Å². The van der Waals surface area contributed by atoms with Crippen LogP contribution >= 0.6 is 0 Å². The molecule has 0 aliphatic rings. The van der Waals surface area contributed by atoms with Crippen LogP contribution in [0.5, 0.6) is 5.75 Å². The van der Waals surface area contributed by atoms with Crippen LogP contribution in [0.25, 0.3) is 16.8 Å². The summed E-state index contributed by atoms with van der Waals surface area (Å²) in [5.41, 5.74) is 5.08. The van der Waals surface area contributed by atoms with Crippen LogP contribution in [-0.4, -0.2) is 32.9 Å². The van der Waals surface area contributed by atoms with Crippen LogP contribution in [0.1, 0.15) is 27.0 Å². The summed E-state index contributed by atoms with van der Waals surface area (Å²) >= 11 is 0. The van der Waals surface area contributed by atoms with Crippen molar-refractivity contribution >= 4 is 11.5 Å². The molecule has 29 heavy (non-hydrogen) atoms. The van der Waals surface area contributed by atoms with Gasteiger partial charge in [-0.05, 0) is 29.3 Å². The fourth-order valence-corrected chi connectivity index (χ4v) is 3.48. The number of fused-ring (bicyclic) bond motifs is 1. The molecule has 0 saturated heterocycles. The molecule has 4 rings (SSSR count). The Morgan fingerprint density at radius 3 is 2.59 bits per heavy atom. The number of ether oxygens (including phenoxy) is 1. The average Bonchev–Trinajstić information content (AvgIpc) is 3.11. The van der Waals surface area contributed by atoms with Crippen molar-refractivity contribution in [1.82, 2.24) is 9.61 Å². The van der Waals surface area contributed by atoms with Crippen molar-refractivity contribution in [2.24, 2.45) is 0 Å². The highest BCUT2D eigenvalue weighted by molar-refractivity contribution is 5.89. The van der Waals surface area contributed by atoms with E-state index in [1.807, 2.05) is 54.7 Å². The highest BCUT2D eigenvalue weighted by Gasteiger charge is 2.17. The lowest BCUT2D eigenvalue weighted by Crippen LogP contribution is -2.04. The number of rotatable bonds is 6. The Bertz CT molecular complexity index is 1180. The minimum Gasteiger partial charge on any atom is -0.495 e. The van der Waals surface area contributed by atoms with E-state index >= 15 is 0 Å². The minimum absolute atomic E-state index is 0.115. The van der Waals surface area contributed by atoms with E-state index < -0.39 is 5.97 Å². The number of carbonyl (C=O) groups is 1. The lowest BCUT2D eigenvalue weighted by atomic mass is 9.97. The molecule has 0 radical (unpaired) electrons. The second-order valence-electron chi connectivity index (χ2n) is 6.72. The third-order valence-corrected chi connectivity index (χ3v) is 4.94. The standard InChI is InChI=1S/C23H20N2O4/c1-29-18-9-10-21-20(12-15-7-8-17(14-26)19(11-15)23(27)28)22(24-25(21)13-18)16-5-3-2-4-6-16/h2-11,13,26H,12,14H2,1H3,(H,27,28). The van der Waals surface area contributed by atoms with Crippen molar-refractivity contribution in [3.05, 3.63) is 89.1 Å². The number of aliphatic hydroxyl groups excluding tert-OH is 1. The van der Waals surface area contributed by atoms with E-state index in [2.05, 4.69) is 0 Å². The number of hydrogen-bond acceptors (Lipinski definition) is 4. The molecule has 0 aliphatic heterocycles. The number of benzene rings is 2. The fourth-order valence-electron chi connectivity index (χ4n) is 3.48. The van der Waals surface area contributed by atoms with Gasteiger partial charge in [-0.25, -0.2) is 9.31 Å². The molecule has 2 heterocycles. The molecule has 0 saturated carbocycles. The highest BCUT2D eigenvalue weighted by atomic mass is 16.5. The van der Waals surface area contributed by atoms with E-state index in [0.29, 0.717) is 17.7 Å². The molecule has 0 spiro atoms. The number of methoxy groups -OCH3 is 1. The van der Waals surface area contributed by atoms with Crippen LogP contribution in [0.3, 0.4) is 0 Å². The predicted molar refractivity (Wildman–Crippen MR) is 109 cm³/mol. The van der Waals surface area contributed by atoms with Gasteiger partial charge in [-0.3, -0.25) is 0 Å². The second kappa shape index (κ2) is 7.77. The Hall–Kier alpha value is -3.64. The van der Waals surface area contributed by atoms with E-state index in [4.69, 9.17) is 9.84 Å². The topological polar surface area (TPSA) is 84.1 Å². The van der Waals surface area contributed by atoms with E-state index in [-0.39, 0.29) is 12.2 Å². The molecule has 2 N–H and O–H groups in total. The summed E-state index contributed by atoms with van der Waals surface area (Å²) in [4.78, 5) is 11.6. The molecule has 2 aromatic carbocycles. The van der Waals surface area contributed by atoms with Gasteiger partial charge in [0.1, 0.15) is 5.75 Å². The van der Waals surface area contributed by atoms with Crippen LogP contribution in [-0.2, 0) is 13.0 Å². The van der Waals surface area contributed by atoms with Gasteiger partial charge in [0.05, 0.1) is 36.7 Å². The Balaban J connectivity index is 1.86. The Morgan fingerprint density at radius 1 is 1.10 bits per heavy atom. The predicted octanol–water partition coefficient (Wildman–Crippen LogP) is 3.79. The molecule has 0 fully saturated rings. The van der Waals surface area contributed by atoms with Crippen molar-refractivity contribution in [3.63, 3.8) is 0 Å². The molecular formula is C23H20N2O4. The van der Waals surface area contributed by atoms with Crippen molar-refractivity contribution in [3.8, 4) is 17.0 Å². The smallest absolute Gasteiger partial charge is 0.336 e. The number of hydrogen-bond donors (Lipinski definition) is 2. The Labute approximate surface area is 167 Å². The highest BCUT2D eigenvalue weighted by Crippen LogP contribution is 2.30. The molecule has 6 nitrogen and oxygen atoms in total. The molecule has 146 valence electrons. The normalized spacial score (nSPS) is 11.0. The minimum atomic E-state index is -1.05. The lowest BCUT2D eigenvalue weighted by Gasteiger charge is -2.08. The van der Waals surface area contributed by atoms with E-state index in [9.17, 15) is 15.0 Å². The maximum absolute atomic E-state index is 11.6. The summed E-state index contributed by atoms with van der Waals surface area (Å²) in [6, 6.07) is 18.8. The van der Waals surface area contributed by atoms with E-state index in [1.165, 1.54) is 0 Å². The van der Waals surface area contributed by atoms with Gasteiger partial charge in [0, 0.05) is 17.5 Å². The van der Waals surface area contributed by atoms with Crippen LogP contribution in [0, 0.1) is 0 Å². The molecule has 2 aromatic heterocycles. The number of carboxylic acid groups (broad SMARTS) is 1. The van der Waals surface area contributed by atoms with Gasteiger partial charge in [-0.2, -0.15) is 5.10 Å². The first-order valence-electron chi connectivity index (χ1n) is 9.17. The largest absolute Gasteiger partial charge is 0.495 e. The first kappa shape index (κ1) is 18.7. The third-order valence-electron chi connectivity index (χ3n) is 4.94. The molecule has 4 aromatic rings. The van der Waals surface area contributed by atoms with Gasteiger partial charge in [0.15, 0.2) is 0 Å².